The van der Waals surface area contributed by atoms with Gasteiger partial charge in [-0.1, -0.05) is 42.5 Å². The number of benzene rings is 2. The summed E-state index contributed by atoms with van der Waals surface area (Å²) >= 11 is 0. The molecule has 136 valence electrons. The van der Waals surface area contributed by atoms with Crippen LogP contribution in [0.25, 0.3) is 23.1 Å². The number of aromatic nitrogens is 2. The average Bonchev–Trinajstić information content (AvgIpc) is 2.73. The fourth-order valence-electron chi connectivity index (χ4n) is 2.85. The summed E-state index contributed by atoms with van der Waals surface area (Å²) in [6, 6.07) is 22.5. The molecular weight excluding hydrogens is 352 g/mol. The number of fused-ring (bicyclic) bond motifs is 1. The van der Waals surface area contributed by atoms with Crippen molar-refractivity contribution in [3.63, 3.8) is 0 Å². The molecule has 0 atom stereocenters. The van der Waals surface area contributed by atoms with Crippen LogP contribution in [0.4, 0.5) is 17.2 Å². The molecule has 6 heteroatoms. The maximum absolute atomic E-state index is 11.1. The van der Waals surface area contributed by atoms with Gasteiger partial charge in [-0.25, -0.2) is 9.97 Å². The summed E-state index contributed by atoms with van der Waals surface area (Å²) in [6.45, 7) is 0. The van der Waals surface area contributed by atoms with Crippen LogP contribution < -0.4 is 5.32 Å². The summed E-state index contributed by atoms with van der Waals surface area (Å²) in [5.74, 6) is 0.213. The third-order valence-electron chi connectivity index (χ3n) is 4.20. The van der Waals surface area contributed by atoms with Crippen molar-refractivity contribution in [1.29, 1.82) is 0 Å². The second-order valence-electron chi connectivity index (χ2n) is 6.14. The molecule has 0 spiro atoms. The summed E-state index contributed by atoms with van der Waals surface area (Å²) in [5.41, 5.74) is 3.40. The highest BCUT2D eigenvalue weighted by molar-refractivity contribution is 5.81. The van der Waals surface area contributed by atoms with Crippen LogP contribution in [0.15, 0.2) is 79.0 Å². The van der Waals surface area contributed by atoms with Crippen LogP contribution in [-0.4, -0.2) is 14.9 Å². The third-order valence-corrected chi connectivity index (χ3v) is 4.20. The molecule has 0 saturated carbocycles. The number of para-hydroxylation sites is 1. The Bertz CT molecular complexity index is 1190. The summed E-state index contributed by atoms with van der Waals surface area (Å²) in [4.78, 5) is 19.4. The van der Waals surface area contributed by atoms with E-state index in [-0.39, 0.29) is 11.5 Å². The van der Waals surface area contributed by atoms with Crippen molar-refractivity contribution in [3.05, 3.63) is 100 Å². The van der Waals surface area contributed by atoms with Gasteiger partial charge in [-0.05, 0) is 42.0 Å². The van der Waals surface area contributed by atoms with E-state index in [0.717, 1.165) is 27.8 Å². The van der Waals surface area contributed by atoms with Crippen molar-refractivity contribution in [2.45, 2.75) is 0 Å². The minimum atomic E-state index is -0.454. The van der Waals surface area contributed by atoms with Crippen molar-refractivity contribution >= 4 is 40.2 Å². The molecule has 0 saturated heterocycles. The second-order valence-corrected chi connectivity index (χ2v) is 6.14. The largest absolute Gasteiger partial charge is 0.334 e. The molecule has 0 aliphatic heterocycles. The lowest BCUT2D eigenvalue weighted by atomic mass is 10.1. The zero-order chi connectivity index (χ0) is 19.3. The lowest BCUT2D eigenvalue weighted by Crippen LogP contribution is -1.99. The maximum Gasteiger partial charge on any atom is 0.311 e. The molecule has 2 aromatic heterocycles. The number of anilines is 2. The predicted molar refractivity (Wildman–Crippen MR) is 111 cm³/mol. The van der Waals surface area contributed by atoms with E-state index in [4.69, 9.17) is 0 Å². The highest BCUT2D eigenvalue weighted by Crippen LogP contribution is 2.25. The molecular formula is C22H16N4O2. The smallest absolute Gasteiger partial charge is 0.311 e. The van der Waals surface area contributed by atoms with Crippen molar-refractivity contribution in [3.8, 4) is 0 Å². The van der Waals surface area contributed by atoms with Crippen molar-refractivity contribution in [2.75, 3.05) is 5.32 Å². The average molecular weight is 368 g/mol. The van der Waals surface area contributed by atoms with Gasteiger partial charge in [-0.2, -0.15) is 0 Å². The van der Waals surface area contributed by atoms with Crippen molar-refractivity contribution in [2.24, 2.45) is 0 Å². The molecule has 0 amide bonds. The molecule has 4 aromatic rings. The van der Waals surface area contributed by atoms with Crippen LogP contribution in [0.2, 0.25) is 0 Å². The third kappa shape index (κ3) is 3.86. The number of rotatable bonds is 5. The van der Waals surface area contributed by atoms with Crippen LogP contribution in [0.5, 0.6) is 0 Å². The Hall–Kier alpha value is -4.06. The Labute approximate surface area is 161 Å². The van der Waals surface area contributed by atoms with E-state index in [1.165, 1.54) is 12.3 Å². The lowest BCUT2D eigenvalue weighted by Gasteiger charge is -2.06. The molecule has 28 heavy (non-hydrogen) atoms. The minimum Gasteiger partial charge on any atom is -0.334 e. The topological polar surface area (TPSA) is 81.0 Å². The monoisotopic (exact) mass is 368 g/mol. The van der Waals surface area contributed by atoms with Gasteiger partial charge >= 0.3 is 5.69 Å². The van der Waals surface area contributed by atoms with E-state index in [2.05, 4.69) is 15.3 Å². The Balaban J connectivity index is 1.57. The first-order chi connectivity index (χ1) is 13.7. The Morgan fingerprint density at radius 3 is 2.71 bits per heavy atom. The fraction of sp³-hybridized carbons (Fsp3) is 0. The molecule has 0 radical (unpaired) electrons. The molecule has 0 bridgehead atoms. The number of hydrogen-bond donors (Lipinski definition) is 1. The van der Waals surface area contributed by atoms with Crippen LogP contribution in [0.3, 0.4) is 0 Å². The molecule has 2 heterocycles. The van der Waals surface area contributed by atoms with E-state index in [9.17, 15) is 10.1 Å². The van der Waals surface area contributed by atoms with E-state index >= 15 is 0 Å². The Kier molecular flexibility index (Phi) is 4.76. The first-order valence-electron chi connectivity index (χ1n) is 8.69. The van der Waals surface area contributed by atoms with Gasteiger partial charge in [0.1, 0.15) is 0 Å². The quantitative estimate of drug-likeness (QED) is 0.374. The molecule has 4 rings (SSSR count). The second kappa shape index (κ2) is 7.67. The fourth-order valence-corrected chi connectivity index (χ4v) is 2.85. The van der Waals surface area contributed by atoms with E-state index < -0.39 is 4.92 Å². The maximum atomic E-state index is 11.1. The van der Waals surface area contributed by atoms with Crippen molar-refractivity contribution in [1.82, 2.24) is 9.97 Å². The van der Waals surface area contributed by atoms with E-state index in [0.29, 0.717) is 0 Å². The molecule has 6 nitrogen and oxygen atoms in total. The zero-order valence-electron chi connectivity index (χ0n) is 14.8. The van der Waals surface area contributed by atoms with Crippen LogP contribution >= 0.6 is 0 Å². The Morgan fingerprint density at radius 1 is 0.929 bits per heavy atom. The summed E-state index contributed by atoms with van der Waals surface area (Å²) in [7, 11) is 0. The minimum absolute atomic E-state index is 0.0659. The number of pyridine rings is 2. The molecule has 0 aliphatic rings. The molecule has 0 fully saturated rings. The SMILES string of the molecule is O=[N+]([O-])c1cccnc1Nc1cccc(C=Cc2ccc3ccccc3n2)c1. The number of nitrogens with zero attached hydrogens (tertiary/aromatic N) is 3. The summed E-state index contributed by atoms with van der Waals surface area (Å²) < 4.78 is 0. The number of nitro groups is 1. The lowest BCUT2D eigenvalue weighted by molar-refractivity contribution is -0.384. The molecule has 1 N–H and O–H groups in total. The van der Waals surface area contributed by atoms with Gasteiger partial charge in [0.05, 0.1) is 16.1 Å². The van der Waals surface area contributed by atoms with Gasteiger partial charge in [0.2, 0.25) is 5.82 Å². The van der Waals surface area contributed by atoms with Gasteiger partial charge in [0, 0.05) is 23.3 Å². The zero-order valence-corrected chi connectivity index (χ0v) is 14.8. The summed E-state index contributed by atoms with van der Waals surface area (Å²) in [6.07, 6.45) is 5.41. The van der Waals surface area contributed by atoms with Gasteiger partial charge in [-0.3, -0.25) is 10.1 Å². The van der Waals surface area contributed by atoms with Gasteiger partial charge in [0.25, 0.3) is 0 Å². The van der Waals surface area contributed by atoms with E-state index in [1.807, 2.05) is 72.8 Å². The standard InChI is InChI=1S/C22H16N4O2/c27-26(28)21-9-4-14-23-22(21)25-19-7-3-5-16(15-19)10-12-18-13-11-17-6-1-2-8-20(17)24-18/h1-15H,(H,23,25). The van der Waals surface area contributed by atoms with E-state index in [1.54, 1.807) is 6.07 Å². The highest BCUT2D eigenvalue weighted by atomic mass is 16.6. The first kappa shape index (κ1) is 17.4. The highest BCUT2D eigenvalue weighted by Gasteiger charge is 2.13. The molecule has 2 aromatic carbocycles. The predicted octanol–water partition coefficient (Wildman–Crippen LogP) is 5.45. The van der Waals surface area contributed by atoms with Gasteiger partial charge in [-0.15, -0.1) is 0 Å². The molecule has 0 aliphatic carbocycles. The van der Waals surface area contributed by atoms with Crippen LogP contribution in [0, 0.1) is 10.1 Å². The van der Waals surface area contributed by atoms with Gasteiger partial charge < -0.3 is 5.32 Å². The number of hydrogen-bond acceptors (Lipinski definition) is 5. The van der Waals surface area contributed by atoms with Crippen LogP contribution in [0.1, 0.15) is 11.3 Å². The van der Waals surface area contributed by atoms with Crippen LogP contribution in [-0.2, 0) is 0 Å². The first-order valence-corrected chi connectivity index (χ1v) is 8.69. The van der Waals surface area contributed by atoms with Crippen molar-refractivity contribution < 1.29 is 4.92 Å². The Morgan fingerprint density at radius 2 is 1.82 bits per heavy atom. The molecule has 0 unspecified atom stereocenters. The van der Waals surface area contributed by atoms with Gasteiger partial charge in [0.15, 0.2) is 0 Å². The number of nitrogens with one attached hydrogen (secondary N) is 1. The summed E-state index contributed by atoms with van der Waals surface area (Å²) in [5, 5.41) is 15.3. The normalized spacial score (nSPS) is 11.0.